The largest absolute Gasteiger partial charge is 0.457 e. The summed E-state index contributed by atoms with van der Waals surface area (Å²) in [6, 6.07) is 17.6. The first-order valence-electron chi connectivity index (χ1n) is 8.48. The molecule has 1 N–H and O–H groups in total. The summed E-state index contributed by atoms with van der Waals surface area (Å²) in [5.41, 5.74) is 1.08. The van der Waals surface area contributed by atoms with Crippen molar-refractivity contribution in [3.63, 3.8) is 0 Å². The molecule has 0 bridgehead atoms. The predicted octanol–water partition coefficient (Wildman–Crippen LogP) is 4.38. The van der Waals surface area contributed by atoms with Crippen molar-refractivity contribution in [3.05, 3.63) is 82.3 Å². The van der Waals surface area contributed by atoms with Crippen LogP contribution in [0.25, 0.3) is 11.1 Å². The molecular weight excluding hydrogens is 416 g/mol. The number of oxazole rings is 1. The van der Waals surface area contributed by atoms with E-state index in [9.17, 15) is 13.2 Å². The number of hydrogen-bond donors (Lipinski definition) is 1. The fourth-order valence-corrected chi connectivity index (χ4v) is 3.92. The number of nitrogens with one attached hydrogen (secondary N) is 1. The standard InChI is InChI=1S/C20H15ClN2O5S/c1-23-18-11-10-17(12-19(18)28-20(23)24)29(25,26)22-14-4-8-16(9-5-14)27-15-6-2-13(21)3-7-15/h2-12,22H,1H3. The van der Waals surface area contributed by atoms with Gasteiger partial charge >= 0.3 is 5.76 Å². The zero-order chi connectivity index (χ0) is 20.6. The first-order chi connectivity index (χ1) is 13.8. The zero-order valence-electron chi connectivity index (χ0n) is 15.1. The molecule has 7 nitrogen and oxygen atoms in total. The third-order valence-electron chi connectivity index (χ3n) is 4.23. The van der Waals surface area contributed by atoms with Gasteiger partial charge in [-0.25, -0.2) is 13.2 Å². The smallest absolute Gasteiger partial charge is 0.419 e. The van der Waals surface area contributed by atoms with Crippen LogP contribution in [0.1, 0.15) is 0 Å². The number of aryl methyl sites for hydroxylation is 1. The molecule has 9 heteroatoms. The van der Waals surface area contributed by atoms with Crippen molar-refractivity contribution in [2.45, 2.75) is 4.90 Å². The number of aromatic nitrogens is 1. The van der Waals surface area contributed by atoms with Crippen molar-refractivity contribution in [1.82, 2.24) is 4.57 Å². The second-order valence-electron chi connectivity index (χ2n) is 6.24. The highest BCUT2D eigenvalue weighted by atomic mass is 35.5. The van der Waals surface area contributed by atoms with Crippen molar-refractivity contribution >= 4 is 38.4 Å². The lowest BCUT2D eigenvalue weighted by Gasteiger charge is -2.10. The van der Waals surface area contributed by atoms with Crippen LogP contribution in [0, 0.1) is 0 Å². The van der Waals surface area contributed by atoms with Gasteiger partial charge in [0.15, 0.2) is 5.58 Å². The summed E-state index contributed by atoms with van der Waals surface area (Å²) in [5, 5.41) is 0.607. The number of rotatable bonds is 5. The van der Waals surface area contributed by atoms with E-state index >= 15 is 0 Å². The van der Waals surface area contributed by atoms with Crippen LogP contribution in [0.2, 0.25) is 5.02 Å². The molecule has 0 fully saturated rings. The highest BCUT2D eigenvalue weighted by Crippen LogP contribution is 2.26. The molecule has 148 valence electrons. The minimum Gasteiger partial charge on any atom is -0.457 e. The minimum absolute atomic E-state index is 0.0131. The number of fused-ring (bicyclic) bond motifs is 1. The normalized spacial score (nSPS) is 11.5. The Morgan fingerprint density at radius 1 is 0.966 bits per heavy atom. The van der Waals surface area contributed by atoms with Crippen molar-refractivity contribution in [2.24, 2.45) is 7.05 Å². The number of nitrogens with zero attached hydrogens (tertiary/aromatic N) is 1. The molecule has 0 aliphatic carbocycles. The van der Waals surface area contributed by atoms with E-state index in [1.165, 1.54) is 22.8 Å². The summed E-state index contributed by atoms with van der Waals surface area (Å²) in [6.45, 7) is 0. The van der Waals surface area contributed by atoms with Gasteiger partial charge in [0.1, 0.15) is 11.5 Å². The second kappa shape index (κ2) is 7.31. The molecule has 0 amide bonds. The van der Waals surface area contributed by atoms with Crippen molar-refractivity contribution in [1.29, 1.82) is 0 Å². The number of halogens is 1. The maximum absolute atomic E-state index is 12.7. The number of hydrogen-bond acceptors (Lipinski definition) is 5. The molecule has 0 atom stereocenters. The quantitative estimate of drug-likeness (QED) is 0.507. The maximum atomic E-state index is 12.7. The Balaban J connectivity index is 1.53. The van der Waals surface area contributed by atoms with Gasteiger partial charge in [0.05, 0.1) is 10.4 Å². The van der Waals surface area contributed by atoms with Gasteiger partial charge in [0.25, 0.3) is 10.0 Å². The van der Waals surface area contributed by atoms with Gasteiger partial charge in [-0.3, -0.25) is 9.29 Å². The topological polar surface area (TPSA) is 90.5 Å². The van der Waals surface area contributed by atoms with Gasteiger partial charge in [0.2, 0.25) is 0 Å². The summed E-state index contributed by atoms with van der Waals surface area (Å²) >= 11 is 5.85. The van der Waals surface area contributed by atoms with Crippen LogP contribution in [0.5, 0.6) is 11.5 Å². The molecule has 0 spiro atoms. The van der Waals surface area contributed by atoms with Crippen LogP contribution in [-0.2, 0) is 17.1 Å². The molecule has 29 heavy (non-hydrogen) atoms. The average Bonchev–Trinajstić information content (AvgIpc) is 2.98. The Morgan fingerprint density at radius 3 is 2.24 bits per heavy atom. The maximum Gasteiger partial charge on any atom is 0.419 e. The molecule has 1 aromatic heterocycles. The van der Waals surface area contributed by atoms with E-state index in [-0.39, 0.29) is 10.5 Å². The Morgan fingerprint density at radius 2 is 1.59 bits per heavy atom. The van der Waals surface area contributed by atoms with Crippen LogP contribution in [-0.4, -0.2) is 13.0 Å². The van der Waals surface area contributed by atoms with Gasteiger partial charge in [0, 0.05) is 23.8 Å². The number of ether oxygens (including phenoxy) is 1. The monoisotopic (exact) mass is 430 g/mol. The van der Waals surface area contributed by atoms with Crippen LogP contribution >= 0.6 is 11.6 Å². The Kier molecular flexibility index (Phi) is 4.81. The molecule has 0 saturated heterocycles. The highest BCUT2D eigenvalue weighted by molar-refractivity contribution is 7.92. The van der Waals surface area contributed by atoms with E-state index in [4.69, 9.17) is 20.8 Å². The average molecular weight is 431 g/mol. The molecule has 0 saturated carbocycles. The Hall–Kier alpha value is -3.23. The molecule has 0 aliphatic rings. The van der Waals surface area contributed by atoms with E-state index < -0.39 is 15.8 Å². The molecule has 0 radical (unpaired) electrons. The Labute approximate surface area is 171 Å². The lowest BCUT2D eigenvalue weighted by atomic mass is 10.3. The summed E-state index contributed by atoms with van der Waals surface area (Å²) in [5.74, 6) is 0.599. The third-order valence-corrected chi connectivity index (χ3v) is 5.86. The summed E-state index contributed by atoms with van der Waals surface area (Å²) in [6.07, 6.45) is 0. The predicted molar refractivity (Wildman–Crippen MR) is 110 cm³/mol. The van der Waals surface area contributed by atoms with E-state index in [1.807, 2.05) is 0 Å². The lowest BCUT2D eigenvalue weighted by Crippen LogP contribution is -2.12. The third kappa shape index (κ3) is 3.98. The number of anilines is 1. The lowest BCUT2D eigenvalue weighted by molar-refractivity contribution is 0.483. The van der Waals surface area contributed by atoms with Gasteiger partial charge in [-0.15, -0.1) is 0 Å². The SMILES string of the molecule is Cn1c(=O)oc2cc(S(=O)(=O)Nc3ccc(Oc4ccc(Cl)cc4)cc3)ccc21. The molecule has 0 unspecified atom stereocenters. The summed E-state index contributed by atoms with van der Waals surface area (Å²) < 4.78 is 39.9. The van der Waals surface area contributed by atoms with Crippen LogP contribution in [0.4, 0.5) is 5.69 Å². The van der Waals surface area contributed by atoms with Crippen LogP contribution in [0.3, 0.4) is 0 Å². The van der Waals surface area contributed by atoms with Crippen LogP contribution in [0.15, 0.2) is 80.8 Å². The highest BCUT2D eigenvalue weighted by Gasteiger charge is 2.17. The van der Waals surface area contributed by atoms with Crippen molar-refractivity contribution < 1.29 is 17.6 Å². The minimum atomic E-state index is -3.86. The van der Waals surface area contributed by atoms with E-state index in [0.717, 1.165) is 0 Å². The van der Waals surface area contributed by atoms with E-state index in [2.05, 4.69) is 4.72 Å². The first-order valence-corrected chi connectivity index (χ1v) is 10.3. The van der Waals surface area contributed by atoms with Gasteiger partial charge in [-0.05, 0) is 60.7 Å². The van der Waals surface area contributed by atoms with Gasteiger partial charge in [-0.2, -0.15) is 0 Å². The zero-order valence-corrected chi connectivity index (χ0v) is 16.7. The molecular formula is C20H15ClN2O5S. The number of benzene rings is 3. The van der Waals surface area contributed by atoms with Crippen molar-refractivity contribution in [2.75, 3.05) is 4.72 Å². The summed E-state index contributed by atoms with van der Waals surface area (Å²) in [7, 11) is -2.31. The van der Waals surface area contributed by atoms with Gasteiger partial charge < -0.3 is 9.15 Å². The molecule has 4 aromatic rings. The van der Waals surface area contributed by atoms with Crippen LogP contribution < -0.4 is 15.2 Å². The first kappa shape index (κ1) is 19.1. The number of sulfonamides is 1. The van der Waals surface area contributed by atoms with E-state index in [1.54, 1.807) is 55.6 Å². The molecule has 3 aromatic carbocycles. The van der Waals surface area contributed by atoms with Gasteiger partial charge in [-0.1, -0.05) is 11.6 Å². The summed E-state index contributed by atoms with van der Waals surface area (Å²) in [4.78, 5) is 11.6. The fraction of sp³-hybridized carbons (Fsp3) is 0.0500. The van der Waals surface area contributed by atoms with E-state index in [0.29, 0.717) is 27.7 Å². The Bertz CT molecular complexity index is 1340. The molecule has 0 aliphatic heterocycles. The fourth-order valence-electron chi connectivity index (χ4n) is 2.73. The second-order valence-corrected chi connectivity index (χ2v) is 8.36. The molecule has 4 rings (SSSR count). The van der Waals surface area contributed by atoms with Crippen molar-refractivity contribution in [3.8, 4) is 11.5 Å². The molecule has 1 heterocycles.